The molecule has 218 valence electrons. The number of carbonyl (C=O) groups excluding carboxylic acids is 1. The van der Waals surface area contributed by atoms with Gasteiger partial charge in [0.2, 0.25) is 0 Å². The predicted octanol–water partition coefficient (Wildman–Crippen LogP) is 7.43. The topological polar surface area (TPSA) is 82.4 Å². The molecule has 0 bridgehead atoms. The Hall–Kier alpha value is -3.44. The van der Waals surface area contributed by atoms with Crippen LogP contribution in [-0.2, 0) is 10.9 Å². The van der Waals surface area contributed by atoms with Gasteiger partial charge in [0.05, 0.1) is 22.8 Å². The molecule has 0 radical (unpaired) electrons. The quantitative estimate of drug-likeness (QED) is 0.289. The van der Waals surface area contributed by atoms with Gasteiger partial charge in [-0.2, -0.15) is 18.3 Å². The number of nitrogens with zero attached hydrogens (tertiary/aromatic N) is 5. The van der Waals surface area contributed by atoms with Crippen LogP contribution in [0.3, 0.4) is 0 Å². The number of hydrogen-bond acceptors (Lipinski definition) is 6. The minimum Gasteiger partial charge on any atom is -0.472 e. The highest BCUT2D eigenvalue weighted by molar-refractivity contribution is 5.91. The van der Waals surface area contributed by atoms with Gasteiger partial charge in [-0.25, -0.2) is 19.2 Å². The van der Waals surface area contributed by atoms with E-state index in [0.717, 1.165) is 22.8 Å². The SMILES string of the molecule is CCN(C(=O)OC(C)(C)C)c1cc2c(cn1)c(C(C)C)nn2C1CCC(Oc2nccc(C(F)(F)F)c2F)CC1. The number of pyridine rings is 2. The number of aromatic nitrogens is 4. The van der Waals surface area contributed by atoms with Gasteiger partial charge in [-0.3, -0.25) is 9.58 Å². The zero-order valence-electron chi connectivity index (χ0n) is 23.5. The van der Waals surface area contributed by atoms with Gasteiger partial charge in [0.15, 0.2) is 5.82 Å². The fourth-order valence-electron chi connectivity index (χ4n) is 4.89. The molecule has 3 aromatic heterocycles. The van der Waals surface area contributed by atoms with E-state index in [-0.39, 0.29) is 12.0 Å². The molecule has 8 nitrogen and oxygen atoms in total. The van der Waals surface area contributed by atoms with Crippen molar-refractivity contribution in [1.29, 1.82) is 0 Å². The number of hydrogen-bond donors (Lipinski definition) is 0. The molecule has 0 aliphatic heterocycles. The van der Waals surface area contributed by atoms with E-state index >= 15 is 0 Å². The van der Waals surface area contributed by atoms with Crippen molar-refractivity contribution in [3.8, 4) is 5.88 Å². The number of amides is 1. The lowest BCUT2D eigenvalue weighted by molar-refractivity contribution is -0.140. The van der Waals surface area contributed by atoms with E-state index in [1.54, 1.807) is 27.0 Å². The van der Waals surface area contributed by atoms with Gasteiger partial charge in [0, 0.05) is 30.4 Å². The summed E-state index contributed by atoms with van der Waals surface area (Å²) < 4.78 is 66.8. The summed E-state index contributed by atoms with van der Waals surface area (Å²) in [5.74, 6) is -1.56. The van der Waals surface area contributed by atoms with Gasteiger partial charge in [-0.1, -0.05) is 13.8 Å². The van der Waals surface area contributed by atoms with Crippen LogP contribution >= 0.6 is 0 Å². The molecule has 1 saturated carbocycles. The number of anilines is 1. The van der Waals surface area contributed by atoms with E-state index in [1.807, 2.05) is 31.5 Å². The van der Waals surface area contributed by atoms with Gasteiger partial charge in [-0.05, 0) is 65.4 Å². The minimum absolute atomic E-state index is 0.0268. The van der Waals surface area contributed by atoms with Gasteiger partial charge in [0.25, 0.3) is 5.88 Å². The molecule has 1 amide bonds. The van der Waals surface area contributed by atoms with Crippen LogP contribution in [0.2, 0.25) is 0 Å². The van der Waals surface area contributed by atoms with Crippen molar-refractivity contribution >= 4 is 22.8 Å². The van der Waals surface area contributed by atoms with Crippen molar-refractivity contribution in [1.82, 2.24) is 19.7 Å². The van der Waals surface area contributed by atoms with Gasteiger partial charge >= 0.3 is 12.3 Å². The Morgan fingerprint density at radius 2 is 1.82 bits per heavy atom. The zero-order valence-corrected chi connectivity index (χ0v) is 23.5. The lowest BCUT2D eigenvalue weighted by atomic mass is 9.93. The Kier molecular flexibility index (Phi) is 8.28. The highest BCUT2D eigenvalue weighted by Crippen LogP contribution is 2.38. The number of fused-ring (bicyclic) bond motifs is 1. The summed E-state index contributed by atoms with van der Waals surface area (Å²) in [6.07, 6.45) is -0.983. The number of carbonyl (C=O) groups is 1. The maximum Gasteiger partial charge on any atom is 0.419 e. The largest absolute Gasteiger partial charge is 0.472 e. The molecule has 0 atom stereocenters. The summed E-state index contributed by atoms with van der Waals surface area (Å²) in [5, 5.41) is 5.79. The van der Waals surface area contributed by atoms with Gasteiger partial charge < -0.3 is 9.47 Å². The molecule has 3 heterocycles. The molecule has 1 aliphatic rings. The first kappa shape index (κ1) is 29.5. The van der Waals surface area contributed by atoms with Gasteiger partial charge in [0.1, 0.15) is 17.5 Å². The fraction of sp³-hybridized carbons (Fsp3) is 0.571. The highest BCUT2D eigenvalue weighted by atomic mass is 19.4. The molecule has 0 aromatic carbocycles. The molecule has 4 rings (SSSR count). The molecule has 1 aliphatic carbocycles. The first-order chi connectivity index (χ1) is 18.7. The Morgan fingerprint density at radius 3 is 2.40 bits per heavy atom. The number of halogens is 4. The summed E-state index contributed by atoms with van der Waals surface area (Å²) in [7, 11) is 0. The van der Waals surface area contributed by atoms with Crippen LogP contribution in [0.1, 0.15) is 90.4 Å². The van der Waals surface area contributed by atoms with Crippen LogP contribution in [0.4, 0.5) is 28.2 Å². The second-order valence-corrected chi connectivity index (χ2v) is 11.3. The first-order valence-electron chi connectivity index (χ1n) is 13.5. The van der Waals surface area contributed by atoms with Crippen molar-refractivity contribution in [2.75, 3.05) is 11.4 Å². The number of rotatable bonds is 6. The summed E-state index contributed by atoms with van der Waals surface area (Å²) in [6, 6.07) is 2.41. The normalized spacial score (nSPS) is 18.3. The Morgan fingerprint density at radius 1 is 1.15 bits per heavy atom. The molecular formula is C28H35F4N5O3. The Bertz CT molecular complexity index is 1360. The zero-order chi connectivity index (χ0) is 29.4. The average molecular weight is 566 g/mol. The van der Waals surface area contributed by atoms with E-state index in [0.29, 0.717) is 44.1 Å². The van der Waals surface area contributed by atoms with E-state index in [9.17, 15) is 22.4 Å². The molecule has 0 saturated heterocycles. The third-order valence-corrected chi connectivity index (χ3v) is 6.79. The maximum absolute atomic E-state index is 14.4. The Labute approximate surface area is 230 Å². The smallest absolute Gasteiger partial charge is 0.419 e. The minimum atomic E-state index is -4.83. The maximum atomic E-state index is 14.4. The van der Waals surface area contributed by atoms with Crippen molar-refractivity contribution in [3.63, 3.8) is 0 Å². The molecule has 12 heteroatoms. The highest BCUT2D eigenvalue weighted by Gasteiger charge is 2.37. The summed E-state index contributed by atoms with van der Waals surface area (Å²) in [4.78, 5) is 22.6. The van der Waals surface area contributed by atoms with Crippen LogP contribution in [0.25, 0.3) is 10.9 Å². The number of ether oxygens (including phenoxy) is 2. The second kappa shape index (κ2) is 11.2. The molecule has 0 N–H and O–H groups in total. The van der Waals surface area contributed by atoms with E-state index in [4.69, 9.17) is 14.6 Å². The lowest BCUT2D eigenvalue weighted by Crippen LogP contribution is -2.37. The second-order valence-electron chi connectivity index (χ2n) is 11.3. The first-order valence-corrected chi connectivity index (χ1v) is 13.5. The molecule has 0 spiro atoms. The van der Waals surface area contributed by atoms with Crippen molar-refractivity contribution in [2.24, 2.45) is 0 Å². The third kappa shape index (κ3) is 6.31. The van der Waals surface area contributed by atoms with Gasteiger partial charge in [-0.15, -0.1) is 0 Å². The molecule has 0 unspecified atom stereocenters. The van der Waals surface area contributed by atoms with Crippen molar-refractivity contribution in [3.05, 3.63) is 41.6 Å². The van der Waals surface area contributed by atoms with Crippen LogP contribution in [-0.4, -0.2) is 44.1 Å². The van der Waals surface area contributed by atoms with E-state index in [2.05, 4.69) is 9.97 Å². The molecular weight excluding hydrogens is 530 g/mol. The van der Waals surface area contributed by atoms with E-state index in [1.165, 1.54) is 4.90 Å². The number of alkyl halides is 3. The molecule has 40 heavy (non-hydrogen) atoms. The third-order valence-electron chi connectivity index (χ3n) is 6.79. The fourth-order valence-corrected chi connectivity index (χ4v) is 4.89. The van der Waals surface area contributed by atoms with Crippen molar-refractivity contribution in [2.45, 2.75) is 97.1 Å². The molecule has 1 fully saturated rings. The van der Waals surface area contributed by atoms with Crippen molar-refractivity contribution < 1.29 is 31.8 Å². The van der Waals surface area contributed by atoms with Crippen LogP contribution in [0.5, 0.6) is 5.88 Å². The van der Waals surface area contributed by atoms with E-state index < -0.39 is 41.2 Å². The summed E-state index contributed by atoms with van der Waals surface area (Å²) in [5.41, 5.74) is -0.352. The van der Waals surface area contributed by atoms with Crippen LogP contribution in [0.15, 0.2) is 24.5 Å². The lowest BCUT2D eigenvalue weighted by Gasteiger charge is -2.29. The summed E-state index contributed by atoms with van der Waals surface area (Å²) in [6.45, 7) is 11.7. The Balaban J connectivity index is 1.57. The molecule has 3 aromatic rings. The summed E-state index contributed by atoms with van der Waals surface area (Å²) >= 11 is 0. The van der Waals surface area contributed by atoms with Crippen LogP contribution < -0.4 is 9.64 Å². The average Bonchev–Trinajstić information content (AvgIpc) is 3.24. The van der Waals surface area contributed by atoms with Crippen LogP contribution in [0, 0.1) is 5.82 Å². The standard InChI is InChI=1S/C28H35F4N5O3/c1-7-36(26(38)40-27(4,5)6)22-14-21-19(15-34-22)24(16(2)3)35-37(21)17-8-10-18(11-9-17)39-25-23(29)20(12-13-33-25)28(30,31)32/h12-18H,7-11H2,1-6H3. The predicted molar refractivity (Wildman–Crippen MR) is 142 cm³/mol. The monoisotopic (exact) mass is 565 g/mol.